The number of rotatable bonds is 5. The second-order valence-corrected chi connectivity index (χ2v) is 6.75. The normalized spacial score (nSPS) is 14.8. The summed E-state index contributed by atoms with van der Waals surface area (Å²) < 4.78 is 16.6. The number of aliphatic hydroxyl groups excluding tert-OH is 1. The number of fused-ring (bicyclic) bond motifs is 1. The molecule has 1 aliphatic rings. The summed E-state index contributed by atoms with van der Waals surface area (Å²) in [6.07, 6.45) is 1.50. The predicted molar refractivity (Wildman–Crippen MR) is 103 cm³/mol. The number of pyridine rings is 1. The lowest BCUT2D eigenvalue weighted by molar-refractivity contribution is -0.0000151. The van der Waals surface area contributed by atoms with E-state index in [1.165, 1.54) is 12.3 Å². The van der Waals surface area contributed by atoms with Crippen LogP contribution in [-0.4, -0.2) is 66.9 Å². The van der Waals surface area contributed by atoms with Gasteiger partial charge in [-0.05, 0) is 26.1 Å². The van der Waals surface area contributed by atoms with Crippen LogP contribution in [-0.2, 0) is 6.54 Å². The molecular weight excluding hydrogens is 387 g/mol. The molecule has 28 heavy (non-hydrogen) atoms. The van der Waals surface area contributed by atoms with Crippen molar-refractivity contribution in [3.8, 4) is 0 Å². The molecular formula is C19H25ClFN4O3-. The highest BCUT2D eigenvalue weighted by Gasteiger charge is 2.21. The zero-order valence-electron chi connectivity index (χ0n) is 16.0. The van der Waals surface area contributed by atoms with Gasteiger partial charge >= 0.3 is 0 Å². The molecule has 0 unspecified atom stereocenters. The first kappa shape index (κ1) is 22.1. The Hall–Kier alpha value is -2.16. The molecule has 1 amide bonds. The lowest BCUT2D eigenvalue weighted by atomic mass is 10.1. The van der Waals surface area contributed by atoms with E-state index in [-0.39, 0.29) is 36.5 Å². The smallest absolute Gasteiger partial charge is 0.256 e. The number of anilines is 1. The van der Waals surface area contributed by atoms with E-state index in [0.717, 1.165) is 26.2 Å². The number of halogens is 2. The van der Waals surface area contributed by atoms with Gasteiger partial charge in [-0.3, -0.25) is 9.59 Å². The molecule has 1 aliphatic heterocycles. The third-order valence-corrected chi connectivity index (χ3v) is 4.98. The highest BCUT2D eigenvalue weighted by atomic mass is 35.5. The van der Waals surface area contributed by atoms with Crippen molar-refractivity contribution in [2.45, 2.75) is 13.5 Å². The van der Waals surface area contributed by atoms with Gasteiger partial charge in [-0.25, -0.2) is 4.39 Å². The maximum atomic E-state index is 14.8. The number of benzene rings is 1. The van der Waals surface area contributed by atoms with Crippen molar-refractivity contribution in [1.82, 2.24) is 14.8 Å². The Morgan fingerprint density at radius 1 is 1.25 bits per heavy atom. The number of nitrogens with zero attached hydrogens (tertiary/aromatic N) is 3. The summed E-state index contributed by atoms with van der Waals surface area (Å²) in [4.78, 5) is 29.2. The first-order valence-electron chi connectivity index (χ1n) is 9.15. The Morgan fingerprint density at radius 3 is 2.54 bits per heavy atom. The van der Waals surface area contributed by atoms with Crippen LogP contribution in [0.25, 0.3) is 10.9 Å². The topological polar surface area (TPSA) is 77.8 Å². The average Bonchev–Trinajstić information content (AvgIpc) is 2.67. The lowest BCUT2D eigenvalue weighted by Crippen LogP contribution is -3.00. The summed E-state index contributed by atoms with van der Waals surface area (Å²) in [6, 6.07) is 2.94. The van der Waals surface area contributed by atoms with E-state index in [9.17, 15) is 14.0 Å². The minimum atomic E-state index is -0.568. The van der Waals surface area contributed by atoms with Crippen LogP contribution >= 0.6 is 0 Å². The zero-order valence-corrected chi connectivity index (χ0v) is 16.8. The molecule has 0 saturated carbocycles. The molecule has 0 atom stereocenters. The van der Waals surface area contributed by atoms with Crippen molar-refractivity contribution in [2.24, 2.45) is 0 Å². The van der Waals surface area contributed by atoms with Crippen molar-refractivity contribution in [2.75, 3.05) is 51.3 Å². The summed E-state index contributed by atoms with van der Waals surface area (Å²) >= 11 is 0. The molecule has 1 fully saturated rings. The first-order chi connectivity index (χ1) is 13.0. The highest BCUT2D eigenvalue weighted by Crippen LogP contribution is 2.26. The Balaban J connectivity index is 0.00000280. The van der Waals surface area contributed by atoms with Crippen LogP contribution in [0.3, 0.4) is 0 Å². The minimum absolute atomic E-state index is 0. The third-order valence-electron chi connectivity index (χ3n) is 4.98. The SMILES string of the molecule is CCn1cc(C(=O)NCCO)c(=O)c2cc(F)c(N3CCN(C)CC3)cc21.[Cl-]. The van der Waals surface area contributed by atoms with Crippen LogP contribution in [0.5, 0.6) is 0 Å². The van der Waals surface area contributed by atoms with E-state index in [0.29, 0.717) is 17.7 Å². The van der Waals surface area contributed by atoms with Crippen molar-refractivity contribution >= 4 is 22.5 Å². The molecule has 3 rings (SSSR count). The predicted octanol–water partition coefficient (Wildman–Crippen LogP) is -2.36. The van der Waals surface area contributed by atoms with Crippen molar-refractivity contribution < 1.29 is 26.7 Å². The van der Waals surface area contributed by atoms with Gasteiger partial charge in [0, 0.05) is 50.9 Å². The Morgan fingerprint density at radius 2 is 1.93 bits per heavy atom. The fraction of sp³-hybridized carbons (Fsp3) is 0.474. The fourth-order valence-corrected chi connectivity index (χ4v) is 3.38. The maximum Gasteiger partial charge on any atom is 0.256 e. The molecule has 0 aliphatic carbocycles. The van der Waals surface area contributed by atoms with Gasteiger partial charge in [0.15, 0.2) is 0 Å². The Labute approximate surface area is 169 Å². The molecule has 1 saturated heterocycles. The van der Waals surface area contributed by atoms with Crippen molar-refractivity contribution in [1.29, 1.82) is 0 Å². The van der Waals surface area contributed by atoms with Gasteiger partial charge in [0.1, 0.15) is 11.4 Å². The van der Waals surface area contributed by atoms with Crippen LogP contribution in [0.2, 0.25) is 0 Å². The summed E-state index contributed by atoms with van der Waals surface area (Å²) in [5, 5.41) is 11.5. The van der Waals surface area contributed by atoms with E-state index < -0.39 is 17.2 Å². The van der Waals surface area contributed by atoms with Crippen LogP contribution < -0.4 is 28.1 Å². The highest BCUT2D eigenvalue weighted by molar-refractivity contribution is 5.97. The minimum Gasteiger partial charge on any atom is -1.00 e. The number of hydrogen-bond acceptors (Lipinski definition) is 5. The number of carbonyl (C=O) groups is 1. The lowest BCUT2D eigenvalue weighted by Gasteiger charge is -2.34. The molecule has 0 radical (unpaired) electrons. The van der Waals surface area contributed by atoms with Crippen molar-refractivity contribution in [3.63, 3.8) is 0 Å². The molecule has 7 nitrogen and oxygen atoms in total. The number of likely N-dealkylation sites (N-methyl/N-ethyl adjacent to an activating group) is 1. The van der Waals surface area contributed by atoms with Gasteiger partial charge < -0.3 is 37.2 Å². The molecule has 154 valence electrons. The number of aromatic nitrogens is 1. The van der Waals surface area contributed by atoms with Crippen LogP contribution in [0, 0.1) is 5.82 Å². The summed E-state index contributed by atoms with van der Waals surface area (Å²) in [6.45, 7) is 5.41. The number of hydrogen-bond donors (Lipinski definition) is 2. The van der Waals surface area contributed by atoms with Gasteiger partial charge in [-0.15, -0.1) is 0 Å². The van der Waals surface area contributed by atoms with Crippen LogP contribution in [0.4, 0.5) is 10.1 Å². The number of aryl methyl sites for hydroxylation is 1. The third kappa shape index (κ3) is 4.29. The van der Waals surface area contributed by atoms with Crippen LogP contribution in [0.15, 0.2) is 23.1 Å². The van der Waals surface area contributed by atoms with E-state index in [1.807, 2.05) is 18.9 Å². The monoisotopic (exact) mass is 411 g/mol. The first-order valence-corrected chi connectivity index (χ1v) is 9.15. The number of carbonyl (C=O) groups excluding carboxylic acids is 1. The van der Waals surface area contributed by atoms with Crippen LogP contribution in [0.1, 0.15) is 17.3 Å². The molecule has 1 aromatic carbocycles. The quantitative estimate of drug-likeness (QED) is 0.575. The molecule has 1 aromatic heterocycles. The second kappa shape index (κ2) is 9.36. The summed E-state index contributed by atoms with van der Waals surface area (Å²) in [5.74, 6) is -1.03. The van der Waals surface area contributed by atoms with Crippen molar-refractivity contribution in [3.05, 3.63) is 39.9 Å². The standard InChI is InChI=1S/C19H25FN4O3.ClH/c1-3-23-12-14(19(27)21-4-9-25)18(26)13-10-15(20)17(11-16(13)23)24-7-5-22(2)6-8-24;/h10-12,25H,3-9H2,1-2H3,(H,21,27);1H/p-1. The van der Waals surface area contributed by atoms with Gasteiger partial charge in [-0.2, -0.15) is 0 Å². The second-order valence-electron chi connectivity index (χ2n) is 6.75. The summed E-state index contributed by atoms with van der Waals surface area (Å²) in [5.41, 5.74) is 0.532. The van der Waals surface area contributed by atoms with Gasteiger partial charge in [0.25, 0.3) is 5.91 Å². The maximum absolute atomic E-state index is 14.8. The number of aliphatic hydroxyl groups is 1. The number of amides is 1. The molecule has 0 spiro atoms. The molecule has 9 heteroatoms. The molecule has 0 bridgehead atoms. The molecule has 2 N–H and O–H groups in total. The van der Waals surface area contributed by atoms with Gasteiger partial charge in [-0.1, -0.05) is 0 Å². The van der Waals surface area contributed by atoms with E-state index >= 15 is 0 Å². The number of nitrogens with one attached hydrogen (secondary N) is 1. The van der Waals surface area contributed by atoms with E-state index in [2.05, 4.69) is 10.2 Å². The molecule has 2 heterocycles. The van der Waals surface area contributed by atoms with E-state index in [1.54, 1.807) is 10.6 Å². The molecule has 2 aromatic rings. The summed E-state index contributed by atoms with van der Waals surface area (Å²) in [7, 11) is 2.03. The average molecular weight is 412 g/mol. The van der Waals surface area contributed by atoms with E-state index in [4.69, 9.17) is 5.11 Å². The fourth-order valence-electron chi connectivity index (χ4n) is 3.38. The largest absolute Gasteiger partial charge is 1.00 e. The van der Waals surface area contributed by atoms with Gasteiger partial charge in [0.05, 0.1) is 17.8 Å². The Bertz CT molecular complexity index is 910. The van der Waals surface area contributed by atoms with Gasteiger partial charge in [0.2, 0.25) is 5.43 Å². The number of piperazine rings is 1. The Kier molecular flexibility index (Phi) is 7.40. The zero-order chi connectivity index (χ0) is 19.6.